The molecule has 1 aliphatic rings. The van der Waals surface area contributed by atoms with E-state index in [1.807, 2.05) is 30.3 Å². The third-order valence-corrected chi connectivity index (χ3v) is 3.99. The molecule has 1 unspecified atom stereocenters. The highest BCUT2D eigenvalue weighted by molar-refractivity contribution is 5.37. The van der Waals surface area contributed by atoms with Gasteiger partial charge in [-0.3, -0.25) is 0 Å². The number of aromatic hydroxyl groups is 1. The third kappa shape index (κ3) is 2.36. The van der Waals surface area contributed by atoms with Crippen LogP contribution in [0.5, 0.6) is 5.75 Å². The van der Waals surface area contributed by atoms with Crippen molar-refractivity contribution in [1.82, 2.24) is 0 Å². The first-order valence-electron chi connectivity index (χ1n) is 6.76. The molecular formula is C17H18O2. The molecular weight excluding hydrogens is 236 g/mol. The van der Waals surface area contributed by atoms with E-state index in [4.69, 9.17) is 0 Å². The highest BCUT2D eigenvalue weighted by Crippen LogP contribution is 2.37. The van der Waals surface area contributed by atoms with E-state index in [0.717, 1.165) is 30.4 Å². The minimum absolute atomic E-state index is 0.264. The predicted octanol–water partition coefficient (Wildman–Crippen LogP) is 3.16. The van der Waals surface area contributed by atoms with E-state index in [1.54, 1.807) is 12.1 Å². The lowest BCUT2D eigenvalue weighted by Crippen LogP contribution is -2.32. The molecule has 1 atom stereocenters. The second-order valence-electron chi connectivity index (χ2n) is 5.39. The largest absolute Gasteiger partial charge is 0.508 e. The number of aliphatic hydroxyl groups is 1. The van der Waals surface area contributed by atoms with Crippen molar-refractivity contribution >= 4 is 0 Å². The molecule has 0 bridgehead atoms. The number of rotatable bonds is 2. The molecule has 98 valence electrons. The van der Waals surface area contributed by atoms with Gasteiger partial charge in [0.2, 0.25) is 0 Å². The molecule has 0 amide bonds. The fourth-order valence-electron chi connectivity index (χ4n) is 3.03. The first-order chi connectivity index (χ1) is 9.17. The van der Waals surface area contributed by atoms with Gasteiger partial charge in [0.1, 0.15) is 5.75 Å². The summed E-state index contributed by atoms with van der Waals surface area (Å²) in [6.07, 6.45) is 3.47. The minimum Gasteiger partial charge on any atom is -0.508 e. The van der Waals surface area contributed by atoms with Gasteiger partial charge in [-0.15, -0.1) is 0 Å². The molecule has 1 aliphatic carbocycles. The Labute approximate surface area is 113 Å². The van der Waals surface area contributed by atoms with Crippen molar-refractivity contribution < 1.29 is 10.2 Å². The summed E-state index contributed by atoms with van der Waals surface area (Å²) in [5.74, 6) is 0.264. The summed E-state index contributed by atoms with van der Waals surface area (Å²) in [6, 6.07) is 15.3. The predicted molar refractivity (Wildman–Crippen MR) is 75.1 cm³/mol. The molecule has 0 fully saturated rings. The highest BCUT2D eigenvalue weighted by atomic mass is 16.3. The Bertz CT molecular complexity index is 574. The van der Waals surface area contributed by atoms with Gasteiger partial charge in [-0.1, -0.05) is 36.4 Å². The topological polar surface area (TPSA) is 40.5 Å². The number of phenolic OH excluding ortho intramolecular Hbond substituents is 1. The number of hydrogen-bond donors (Lipinski definition) is 2. The lowest BCUT2D eigenvalue weighted by Gasteiger charge is -2.34. The maximum Gasteiger partial charge on any atom is 0.115 e. The van der Waals surface area contributed by atoms with Crippen LogP contribution in [-0.2, 0) is 18.4 Å². The van der Waals surface area contributed by atoms with Crippen LogP contribution in [0.25, 0.3) is 0 Å². The molecule has 19 heavy (non-hydrogen) atoms. The normalized spacial score (nSPS) is 21.9. The van der Waals surface area contributed by atoms with Crippen LogP contribution in [0, 0.1) is 0 Å². The maximum absolute atomic E-state index is 11.0. The van der Waals surface area contributed by atoms with Gasteiger partial charge < -0.3 is 10.2 Å². The van der Waals surface area contributed by atoms with Crippen LogP contribution in [0.1, 0.15) is 29.5 Å². The van der Waals surface area contributed by atoms with Crippen LogP contribution >= 0.6 is 0 Å². The summed E-state index contributed by atoms with van der Waals surface area (Å²) in [5.41, 5.74) is 2.60. The zero-order valence-corrected chi connectivity index (χ0v) is 10.8. The molecule has 3 rings (SSSR count). The van der Waals surface area contributed by atoms with Crippen molar-refractivity contribution in [2.75, 3.05) is 0 Å². The SMILES string of the molecule is Oc1ccc(CC2(O)CCCc3ccccc32)cc1. The van der Waals surface area contributed by atoms with E-state index >= 15 is 0 Å². The molecule has 0 aliphatic heterocycles. The van der Waals surface area contributed by atoms with Crippen LogP contribution in [-0.4, -0.2) is 10.2 Å². The number of benzene rings is 2. The van der Waals surface area contributed by atoms with Gasteiger partial charge in [0, 0.05) is 6.42 Å². The Kier molecular flexibility index (Phi) is 3.03. The molecule has 2 aromatic carbocycles. The Morgan fingerprint density at radius 2 is 1.74 bits per heavy atom. The maximum atomic E-state index is 11.0. The van der Waals surface area contributed by atoms with E-state index in [1.165, 1.54) is 5.56 Å². The van der Waals surface area contributed by atoms with E-state index in [-0.39, 0.29) is 5.75 Å². The summed E-state index contributed by atoms with van der Waals surface area (Å²) >= 11 is 0. The molecule has 2 N–H and O–H groups in total. The highest BCUT2D eigenvalue weighted by Gasteiger charge is 2.34. The van der Waals surface area contributed by atoms with Crippen LogP contribution in [0.2, 0.25) is 0 Å². The standard InChI is InChI=1S/C17H18O2/c18-15-9-7-13(8-10-15)12-17(19)11-3-5-14-4-1-2-6-16(14)17/h1-2,4,6-10,18-19H,3,5,11-12H2. The molecule has 0 spiro atoms. The minimum atomic E-state index is -0.772. The molecule has 2 nitrogen and oxygen atoms in total. The van der Waals surface area contributed by atoms with Crippen LogP contribution < -0.4 is 0 Å². The van der Waals surface area contributed by atoms with Gasteiger partial charge in [0.05, 0.1) is 5.60 Å². The van der Waals surface area contributed by atoms with E-state index < -0.39 is 5.60 Å². The molecule has 0 saturated carbocycles. The summed E-state index contributed by atoms with van der Waals surface area (Å²) in [4.78, 5) is 0. The lowest BCUT2D eigenvalue weighted by atomic mass is 9.76. The summed E-state index contributed by atoms with van der Waals surface area (Å²) < 4.78 is 0. The Balaban J connectivity index is 1.93. The van der Waals surface area contributed by atoms with Crippen LogP contribution in [0.15, 0.2) is 48.5 Å². The Morgan fingerprint density at radius 1 is 1.00 bits per heavy atom. The van der Waals surface area contributed by atoms with E-state index in [2.05, 4.69) is 6.07 Å². The summed E-state index contributed by atoms with van der Waals surface area (Å²) in [7, 11) is 0. The van der Waals surface area contributed by atoms with E-state index in [9.17, 15) is 10.2 Å². The monoisotopic (exact) mass is 254 g/mol. The molecule has 0 heterocycles. The van der Waals surface area contributed by atoms with Gasteiger partial charge in [-0.25, -0.2) is 0 Å². The average Bonchev–Trinajstić information content (AvgIpc) is 2.42. The van der Waals surface area contributed by atoms with Gasteiger partial charge in [0.25, 0.3) is 0 Å². The first-order valence-corrected chi connectivity index (χ1v) is 6.76. The van der Waals surface area contributed by atoms with Gasteiger partial charge in [0.15, 0.2) is 0 Å². The van der Waals surface area contributed by atoms with Crippen LogP contribution in [0.4, 0.5) is 0 Å². The number of aryl methyl sites for hydroxylation is 1. The number of phenols is 1. The molecule has 2 heteroatoms. The zero-order valence-electron chi connectivity index (χ0n) is 10.8. The van der Waals surface area contributed by atoms with Crippen molar-refractivity contribution in [3.05, 3.63) is 65.2 Å². The second kappa shape index (κ2) is 4.71. The molecule has 0 saturated heterocycles. The van der Waals surface area contributed by atoms with Crippen molar-refractivity contribution in [2.24, 2.45) is 0 Å². The first kappa shape index (κ1) is 12.2. The van der Waals surface area contributed by atoms with Gasteiger partial charge in [-0.2, -0.15) is 0 Å². The van der Waals surface area contributed by atoms with Crippen molar-refractivity contribution in [3.63, 3.8) is 0 Å². The zero-order chi connectivity index (χ0) is 13.3. The van der Waals surface area contributed by atoms with Crippen LogP contribution in [0.3, 0.4) is 0 Å². The Morgan fingerprint density at radius 3 is 2.53 bits per heavy atom. The van der Waals surface area contributed by atoms with E-state index in [0.29, 0.717) is 6.42 Å². The summed E-state index contributed by atoms with van der Waals surface area (Å²) in [6.45, 7) is 0. The molecule has 0 radical (unpaired) electrons. The van der Waals surface area contributed by atoms with Crippen molar-refractivity contribution in [2.45, 2.75) is 31.3 Å². The fourth-order valence-corrected chi connectivity index (χ4v) is 3.03. The number of hydrogen-bond acceptors (Lipinski definition) is 2. The second-order valence-corrected chi connectivity index (χ2v) is 5.39. The summed E-state index contributed by atoms with van der Waals surface area (Å²) in [5, 5.41) is 20.3. The van der Waals surface area contributed by atoms with Gasteiger partial charge in [-0.05, 0) is 48.1 Å². The molecule has 2 aromatic rings. The van der Waals surface area contributed by atoms with Gasteiger partial charge >= 0.3 is 0 Å². The molecule has 0 aromatic heterocycles. The average molecular weight is 254 g/mol. The van der Waals surface area contributed by atoms with Crippen molar-refractivity contribution in [1.29, 1.82) is 0 Å². The Hall–Kier alpha value is -1.80. The fraction of sp³-hybridized carbons (Fsp3) is 0.294. The smallest absolute Gasteiger partial charge is 0.115 e. The number of fused-ring (bicyclic) bond motifs is 1. The third-order valence-electron chi connectivity index (χ3n) is 3.99. The van der Waals surface area contributed by atoms with Crippen molar-refractivity contribution in [3.8, 4) is 5.75 Å². The lowest BCUT2D eigenvalue weighted by molar-refractivity contribution is 0.0190. The quantitative estimate of drug-likeness (QED) is 0.864.